The molecule has 1 amide bonds. The van der Waals surface area contributed by atoms with Crippen molar-refractivity contribution >= 4 is 17.2 Å². The van der Waals surface area contributed by atoms with E-state index in [-0.39, 0.29) is 5.91 Å². The van der Waals surface area contributed by atoms with E-state index < -0.39 is 0 Å². The first-order valence-corrected chi connectivity index (χ1v) is 10.2. The third kappa shape index (κ3) is 5.06. The van der Waals surface area contributed by atoms with Crippen molar-refractivity contribution in [1.82, 2.24) is 24.8 Å². The first-order valence-electron chi connectivity index (χ1n) is 9.34. The number of ether oxygens (including phenoxy) is 2. The Morgan fingerprint density at radius 3 is 2.76 bits per heavy atom. The Morgan fingerprint density at radius 2 is 2.03 bits per heavy atom. The summed E-state index contributed by atoms with van der Waals surface area (Å²) >= 11 is 1.50. The largest absolute Gasteiger partial charge is 0.385 e. The molecule has 0 saturated heterocycles. The molecule has 154 valence electrons. The molecule has 0 fully saturated rings. The zero-order chi connectivity index (χ0) is 20.6. The fourth-order valence-corrected chi connectivity index (χ4v) is 3.76. The molecular weight excluding hydrogens is 390 g/mol. The van der Waals surface area contributed by atoms with E-state index in [0.717, 1.165) is 34.2 Å². The van der Waals surface area contributed by atoms with Gasteiger partial charge in [-0.3, -0.25) is 14.8 Å². The molecule has 3 aromatic rings. The van der Waals surface area contributed by atoms with E-state index in [2.05, 4.69) is 19.9 Å². The highest BCUT2D eigenvalue weighted by molar-refractivity contribution is 7.13. The number of amides is 1. The molecule has 0 unspecified atom stereocenters. The van der Waals surface area contributed by atoms with Crippen LogP contribution in [-0.2, 0) is 16.0 Å². The van der Waals surface area contributed by atoms with Gasteiger partial charge < -0.3 is 19.4 Å². The van der Waals surface area contributed by atoms with Gasteiger partial charge in [0.2, 0.25) is 0 Å². The summed E-state index contributed by atoms with van der Waals surface area (Å²) in [5.41, 5.74) is 3.94. The lowest BCUT2D eigenvalue weighted by Gasteiger charge is -2.10. The highest BCUT2D eigenvalue weighted by atomic mass is 32.1. The van der Waals surface area contributed by atoms with Gasteiger partial charge in [-0.1, -0.05) is 0 Å². The van der Waals surface area contributed by atoms with E-state index in [1.807, 2.05) is 18.4 Å². The van der Waals surface area contributed by atoms with Crippen molar-refractivity contribution < 1.29 is 14.3 Å². The number of nitrogens with one attached hydrogen (secondary N) is 1. The van der Waals surface area contributed by atoms with E-state index in [1.54, 1.807) is 32.8 Å². The molecule has 0 spiro atoms. The van der Waals surface area contributed by atoms with Crippen molar-refractivity contribution in [2.45, 2.75) is 19.9 Å². The van der Waals surface area contributed by atoms with E-state index in [4.69, 9.17) is 14.5 Å². The second kappa shape index (κ2) is 10.2. The normalized spacial score (nSPS) is 11.0. The van der Waals surface area contributed by atoms with Gasteiger partial charge in [-0.25, -0.2) is 4.98 Å². The first-order chi connectivity index (χ1) is 14.2. The molecular formula is C20H25N5O3S. The van der Waals surface area contributed by atoms with Crippen LogP contribution in [0.15, 0.2) is 30.0 Å². The quantitative estimate of drug-likeness (QED) is 0.512. The molecule has 3 rings (SSSR count). The molecule has 1 N–H and O–H groups in total. The van der Waals surface area contributed by atoms with Crippen molar-refractivity contribution in [3.8, 4) is 22.1 Å². The van der Waals surface area contributed by atoms with Crippen LogP contribution in [0.2, 0.25) is 0 Å². The SMILES string of the molecule is COCCCNC(=O)c1cc(-c2csc(-c3cnccn3)n2)n(CCOC)c1C. The lowest BCUT2D eigenvalue weighted by molar-refractivity contribution is 0.0947. The van der Waals surface area contributed by atoms with Gasteiger partial charge >= 0.3 is 0 Å². The van der Waals surface area contributed by atoms with Crippen LogP contribution in [0.25, 0.3) is 22.1 Å². The Balaban J connectivity index is 1.89. The minimum atomic E-state index is -0.0969. The Labute approximate surface area is 173 Å². The second-order valence-electron chi connectivity index (χ2n) is 6.40. The monoisotopic (exact) mass is 415 g/mol. The molecule has 0 aliphatic carbocycles. The zero-order valence-electron chi connectivity index (χ0n) is 16.8. The average molecular weight is 416 g/mol. The van der Waals surface area contributed by atoms with Crippen molar-refractivity contribution in [3.05, 3.63) is 41.3 Å². The van der Waals surface area contributed by atoms with Crippen molar-refractivity contribution in [3.63, 3.8) is 0 Å². The number of nitrogens with zero attached hydrogens (tertiary/aromatic N) is 4. The van der Waals surface area contributed by atoms with Gasteiger partial charge in [-0.2, -0.15) is 0 Å². The van der Waals surface area contributed by atoms with E-state index in [9.17, 15) is 4.79 Å². The third-order valence-electron chi connectivity index (χ3n) is 4.49. The van der Waals surface area contributed by atoms with Gasteiger partial charge in [0.05, 0.1) is 29.8 Å². The van der Waals surface area contributed by atoms with Gasteiger partial charge in [-0.05, 0) is 19.4 Å². The molecule has 0 bridgehead atoms. The van der Waals surface area contributed by atoms with Gasteiger partial charge in [0.1, 0.15) is 10.7 Å². The summed E-state index contributed by atoms with van der Waals surface area (Å²) in [6.07, 6.45) is 5.74. The van der Waals surface area contributed by atoms with Crippen LogP contribution < -0.4 is 5.32 Å². The van der Waals surface area contributed by atoms with Crippen LogP contribution >= 0.6 is 11.3 Å². The predicted molar refractivity (Wildman–Crippen MR) is 112 cm³/mol. The van der Waals surface area contributed by atoms with Gasteiger partial charge in [0.15, 0.2) is 0 Å². The summed E-state index contributed by atoms with van der Waals surface area (Å²) in [6.45, 7) is 4.30. The Bertz CT molecular complexity index is 939. The highest BCUT2D eigenvalue weighted by Crippen LogP contribution is 2.30. The summed E-state index contributed by atoms with van der Waals surface area (Å²) < 4.78 is 12.4. The Morgan fingerprint density at radius 1 is 1.21 bits per heavy atom. The fraction of sp³-hybridized carbons (Fsp3) is 0.400. The number of carbonyl (C=O) groups is 1. The predicted octanol–water partition coefficient (Wildman–Crippen LogP) is 2.79. The zero-order valence-corrected chi connectivity index (χ0v) is 17.7. The first kappa shape index (κ1) is 21.1. The van der Waals surface area contributed by atoms with Crippen LogP contribution in [0.1, 0.15) is 22.5 Å². The van der Waals surface area contributed by atoms with Crippen LogP contribution in [0.3, 0.4) is 0 Å². The van der Waals surface area contributed by atoms with Crippen molar-refractivity contribution in [1.29, 1.82) is 0 Å². The molecule has 0 aliphatic heterocycles. The smallest absolute Gasteiger partial charge is 0.253 e. The van der Waals surface area contributed by atoms with Crippen LogP contribution in [0.4, 0.5) is 0 Å². The summed E-state index contributed by atoms with van der Waals surface area (Å²) in [6, 6.07) is 1.89. The minimum absolute atomic E-state index is 0.0969. The minimum Gasteiger partial charge on any atom is -0.385 e. The van der Waals surface area contributed by atoms with Crippen LogP contribution in [0.5, 0.6) is 0 Å². The molecule has 3 aromatic heterocycles. The standard InChI is InChI=1S/C20H25N5O3S/c1-14-15(19(26)23-5-4-9-27-2)11-18(25(14)8-10-28-3)17-13-29-20(24-17)16-12-21-6-7-22-16/h6-7,11-13H,4-5,8-10H2,1-3H3,(H,23,26). The topological polar surface area (TPSA) is 91.2 Å². The summed E-state index contributed by atoms with van der Waals surface area (Å²) in [5, 5.41) is 5.72. The van der Waals surface area contributed by atoms with Crippen LogP contribution in [0, 0.1) is 6.92 Å². The number of aromatic nitrogens is 4. The number of carbonyl (C=O) groups excluding carboxylic acids is 1. The van der Waals surface area contributed by atoms with Gasteiger partial charge in [0.25, 0.3) is 5.91 Å². The van der Waals surface area contributed by atoms with E-state index >= 15 is 0 Å². The number of methoxy groups -OCH3 is 2. The van der Waals surface area contributed by atoms with Crippen molar-refractivity contribution in [2.75, 3.05) is 34.0 Å². The number of hydrogen-bond acceptors (Lipinski definition) is 7. The van der Waals surface area contributed by atoms with Crippen LogP contribution in [-0.4, -0.2) is 59.4 Å². The Kier molecular flexibility index (Phi) is 7.45. The maximum absolute atomic E-state index is 12.7. The summed E-state index contributed by atoms with van der Waals surface area (Å²) in [4.78, 5) is 25.8. The summed E-state index contributed by atoms with van der Waals surface area (Å²) in [7, 11) is 3.31. The molecule has 0 aliphatic rings. The molecule has 9 heteroatoms. The molecule has 0 radical (unpaired) electrons. The van der Waals surface area contributed by atoms with E-state index in [1.165, 1.54) is 11.3 Å². The molecule has 0 atom stereocenters. The van der Waals surface area contributed by atoms with Gasteiger partial charge in [-0.15, -0.1) is 11.3 Å². The molecule has 8 nitrogen and oxygen atoms in total. The highest BCUT2D eigenvalue weighted by Gasteiger charge is 2.20. The number of thiazole rings is 1. The second-order valence-corrected chi connectivity index (χ2v) is 7.26. The molecule has 0 saturated carbocycles. The molecule has 3 heterocycles. The lowest BCUT2D eigenvalue weighted by Crippen LogP contribution is -2.25. The third-order valence-corrected chi connectivity index (χ3v) is 5.35. The molecule has 0 aromatic carbocycles. The Hall–Kier alpha value is -2.62. The van der Waals surface area contributed by atoms with Crippen molar-refractivity contribution in [2.24, 2.45) is 0 Å². The average Bonchev–Trinajstić information content (AvgIpc) is 3.35. The maximum atomic E-state index is 12.7. The maximum Gasteiger partial charge on any atom is 0.253 e. The van der Waals surface area contributed by atoms with E-state index in [0.29, 0.717) is 31.9 Å². The number of hydrogen-bond donors (Lipinski definition) is 1. The lowest BCUT2D eigenvalue weighted by atomic mass is 10.2. The fourth-order valence-electron chi connectivity index (χ4n) is 2.99. The number of rotatable bonds is 10. The van der Waals surface area contributed by atoms with Gasteiger partial charge in [0, 0.05) is 57.4 Å². The summed E-state index contributed by atoms with van der Waals surface area (Å²) in [5.74, 6) is -0.0969. The molecule has 29 heavy (non-hydrogen) atoms.